The summed E-state index contributed by atoms with van der Waals surface area (Å²) in [5.41, 5.74) is 0. The lowest BCUT2D eigenvalue weighted by Gasteiger charge is -2.48. The number of nitrogens with one attached hydrogen (secondary N) is 1. The first kappa shape index (κ1) is 31.3. The summed E-state index contributed by atoms with van der Waals surface area (Å²) < 4.78 is 36.6. The molecule has 1 rings (SSSR count). The minimum absolute atomic E-state index is 0.630. The third-order valence-corrected chi connectivity index (χ3v) is 4.80. The molecule has 208 valence electrons. The zero-order valence-electron chi connectivity index (χ0n) is 21.5. The molecule has 0 aromatic rings. The molecule has 0 aromatic carbocycles. The summed E-state index contributed by atoms with van der Waals surface area (Å²) in [5, 5.41) is 2.49. The van der Waals surface area contributed by atoms with E-state index in [-0.39, 0.29) is 0 Å². The van der Waals surface area contributed by atoms with Gasteiger partial charge in [-0.1, -0.05) is 0 Å². The van der Waals surface area contributed by atoms with E-state index < -0.39 is 91.0 Å². The van der Waals surface area contributed by atoms with E-state index in [4.69, 9.17) is 33.2 Å². The van der Waals surface area contributed by atoms with Crippen LogP contribution in [-0.2, 0) is 66.7 Å². The molecule has 37 heavy (non-hydrogen) atoms. The van der Waals surface area contributed by atoms with Crippen LogP contribution in [0.5, 0.6) is 0 Å². The zero-order chi connectivity index (χ0) is 28.5. The van der Waals surface area contributed by atoms with Gasteiger partial charge in [-0.25, -0.2) is 4.79 Å². The number of rotatable bonds is 10. The fourth-order valence-corrected chi connectivity index (χ4v) is 3.74. The van der Waals surface area contributed by atoms with E-state index in [0.717, 1.165) is 48.7 Å². The van der Waals surface area contributed by atoms with Crippen molar-refractivity contribution in [2.75, 3.05) is 13.7 Å². The van der Waals surface area contributed by atoms with Crippen molar-refractivity contribution in [2.24, 2.45) is 0 Å². The van der Waals surface area contributed by atoms with Crippen molar-refractivity contribution < 1.29 is 66.7 Å². The molecule has 0 spiro atoms. The summed E-state index contributed by atoms with van der Waals surface area (Å²) in [5.74, 6) is -8.84. The molecule has 1 saturated heterocycles. The van der Waals surface area contributed by atoms with Crippen molar-refractivity contribution >= 4 is 41.7 Å². The summed E-state index contributed by atoms with van der Waals surface area (Å²) in [6, 6.07) is -1.35. The molecule has 0 aromatic heterocycles. The smallest absolute Gasteiger partial charge is 0.379 e. The van der Waals surface area contributed by atoms with Gasteiger partial charge in [0.15, 0.2) is 12.2 Å². The van der Waals surface area contributed by atoms with Gasteiger partial charge in [-0.3, -0.25) is 28.8 Å². The third kappa shape index (κ3) is 9.33. The highest BCUT2D eigenvalue weighted by Gasteiger charge is 2.60. The zero-order valence-corrected chi connectivity index (χ0v) is 21.5. The van der Waals surface area contributed by atoms with E-state index in [0.29, 0.717) is 0 Å². The lowest BCUT2D eigenvalue weighted by atomic mass is 9.88. The van der Waals surface area contributed by atoms with Crippen LogP contribution in [-0.4, -0.2) is 91.7 Å². The van der Waals surface area contributed by atoms with Crippen molar-refractivity contribution in [1.82, 2.24) is 5.32 Å². The second-order valence-electron chi connectivity index (χ2n) is 8.02. The number of carbonyl (C=O) groups excluding carboxylic acids is 7. The highest BCUT2D eigenvalue weighted by molar-refractivity contribution is 5.82. The number of hydrogen-bond acceptors (Lipinski definition) is 14. The van der Waals surface area contributed by atoms with Crippen LogP contribution in [0.4, 0.5) is 0 Å². The van der Waals surface area contributed by atoms with E-state index >= 15 is 0 Å². The van der Waals surface area contributed by atoms with Crippen LogP contribution in [0.1, 0.15) is 48.0 Å². The van der Waals surface area contributed by atoms with Crippen LogP contribution < -0.4 is 5.32 Å². The molecular weight excluding hydrogens is 502 g/mol. The van der Waals surface area contributed by atoms with E-state index in [2.05, 4.69) is 5.32 Å². The van der Waals surface area contributed by atoms with Crippen molar-refractivity contribution in [3.8, 4) is 0 Å². The van der Waals surface area contributed by atoms with E-state index in [1.54, 1.807) is 0 Å². The van der Waals surface area contributed by atoms with Crippen LogP contribution in [0, 0.1) is 0 Å². The molecule has 6 atom stereocenters. The molecular formula is C22H31NO14. The Labute approximate surface area is 212 Å². The quantitative estimate of drug-likeness (QED) is 0.267. The number of ether oxygens (including phenoxy) is 7. The van der Waals surface area contributed by atoms with Gasteiger partial charge in [0.2, 0.25) is 5.91 Å². The maximum Gasteiger partial charge on any atom is 0.379 e. The van der Waals surface area contributed by atoms with Crippen LogP contribution in [0.2, 0.25) is 0 Å². The standard InChI is InChI=1S/C22H31NO14/c1-10(24)23-18-16(33-12(3)26)8-22(21(30)31-7,36-15(6)29)37-20(18)19(35-14(5)28)17(34-13(4)27)9-32-11(2)25/h16-20H,8-9H2,1-7H3,(H,23,24)/t16?,17-,18?,19-,20?,22?/m1/s1. The molecule has 15 heteroatoms. The van der Waals surface area contributed by atoms with Gasteiger partial charge in [-0.2, -0.15) is 0 Å². The molecule has 1 amide bonds. The SMILES string of the molecule is COC(=O)C1(OC(C)=O)CC(OC(C)=O)C(NC(C)=O)C([C@H](OC(C)=O)[C@@H](COC(C)=O)OC(C)=O)O1. The van der Waals surface area contributed by atoms with Gasteiger partial charge < -0.3 is 38.5 Å². The fraction of sp³-hybridized carbons (Fsp3) is 0.682. The van der Waals surface area contributed by atoms with Gasteiger partial charge in [0.25, 0.3) is 0 Å². The summed E-state index contributed by atoms with van der Waals surface area (Å²) in [6.07, 6.45) is -6.98. The summed E-state index contributed by atoms with van der Waals surface area (Å²) >= 11 is 0. The normalized spacial score (nSPS) is 24.4. The largest absolute Gasteiger partial charge is 0.464 e. The first-order valence-corrected chi connectivity index (χ1v) is 11.0. The van der Waals surface area contributed by atoms with Gasteiger partial charge in [-0.15, -0.1) is 0 Å². The fourth-order valence-electron chi connectivity index (χ4n) is 3.74. The number of methoxy groups -OCH3 is 1. The Kier molecular flexibility index (Phi) is 11.4. The Morgan fingerprint density at radius 2 is 1.46 bits per heavy atom. The molecule has 15 nitrogen and oxygen atoms in total. The van der Waals surface area contributed by atoms with Crippen molar-refractivity contribution in [1.29, 1.82) is 0 Å². The molecule has 1 fully saturated rings. The maximum absolute atomic E-state index is 12.8. The van der Waals surface area contributed by atoms with Crippen LogP contribution in [0.15, 0.2) is 0 Å². The molecule has 1 heterocycles. The molecule has 4 unspecified atom stereocenters. The average molecular weight is 533 g/mol. The highest BCUT2D eigenvalue weighted by atomic mass is 16.8. The van der Waals surface area contributed by atoms with Crippen molar-refractivity contribution in [2.45, 2.75) is 84.2 Å². The minimum Gasteiger partial charge on any atom is -0.464 e. The van der Waals surface area contributed by atoms with Gasteiger partial charge in [0, 0.05) is 41.5 Å². The predicted molar refractivity (Wildman–Crippen MR) is 117 cm³/mol. The molecule has 1 N–H and O–H groups in total. The molecule has 0 radical (unpaired) electrons. The monoisotopic (exact) mass is 533 g/mol. The Morgan fingerprint density at radius 3 is 1.89 bits per heavy atom. The Hall–Kier alpha value is -3.75. The Balaban J connectivity index is 3.83. The van der Waals surface area contributed by atoms with Crippen LogP contribution in [0.3, 0.4) is 0 Å². The van der Waals surface area contributed by atoms with E-state index in [9.17, 15) is 33.6 Å². The third-order valence-electron chi connectivity index (χ3n) is 4.80. The van der Waals surface area contributed by atoms with Gasteiger partial charge in [0.1, 0.15) is 18.8 Å². The second kappa shape index (κ2) is 13.5. The minimum atomic E-state index is -2.54. The predicted octanol–water partition coefficient (Wildman–Crippen LogP) is -0.929. The molecule has 0 bridgehead atoms. The van der Waals surface area contributed by atoms with Crippen molar-refractivity contribution in [3.63, 3.8) is 0 Å². The van der Waals surface area contributed by atoms with Crippen LogP contribution in [0.25, 0.3) is 0 Å². The van der Waals surface area contributed by atoms with Crippen LogP contribution >= 0.6 is 0 Å². The number of carbonyl (C=O) groups is 7. The van der Waals surface area contributed by atoms with Gasteiger partial charge >= 0.3 is 41.6 Å². The number of esters is 6. The summed E-state index contributed by atoms with van der Waals surface area (Å²) in [7, 11) is 0.971. The highest BCUT2D eigenvalue weighted by Crippen LogP contribution is 2.37. The average Bonchev–Trinajstić information content (AvgIpc) is 2.74. The summed E-state index contributed by atoms with van der Waals surface area (Å²) in [6.45, 7) is 5.60. The Morgan fingerprint density at radius 1 is 0.865 bits per heavy atom. The maximum atomic E-state index is 12.8. The Bertz CT molecular complexity index is 917. The first-order valence-electron chi connectivity index (χ1n) is 11.0. The molecule has 0 saturated carbocycles. The van der Waals surface area contributed by atoms with Crippen molar-refractivity contribution in [3.05, 3.63) is 0 Å². The van der Waals surface area contributed by atoms with Gasteiger partial charge in [-0.05, 0) is 0 Å². The number of hydrogen-bond donors (Lipinski definition) is 1. The molecule has 0 aliphatic carbocycles. The topological polar surface area (TPSA) is 196 Å². The number of amides is 1. The second-order valence-corrected chi connectivity index (χ2v) is 8.02. The van der Waals surface area contributed by atoms with Gasteiger partial charge in [0.05, 0.1) is 19.6 Å². The lowest BCUT2D eigenvalue weighted by molar-refractivity contribution is -0.304. The van der Waals surface area contributed by atoms with E-state index in [1.807, 2.05) is 0 Å². The molecule has 1 aliphatic rings. The lowest BCUT2D eigenvalue weighted by Crippen LogP contribution is -2.69. The van der Waals surface area contributed by atoms with E-state index in [1.165, 1.54) is 0 Å². The first-order chi connectivity index (χ1) is 17.1. The summed E-state index contributed by atoms with van der Waals surface area (Å²) in [4.78, 5) is 84.1. The molecule has 1 aliphatic heterocycles.